The Morgan fingerprint density at radius 1 is 1.10 bits per heavy atom. The van der Waals surface area contributed by atoms with Gasteiger partial charge in [-0.3, -0.25) is 4.99 Å². The summed E-state index contributed by atoms with van der Waals surface area (Å²) >= 11 is 0. The molecule has 6 nitrogen and oxygen atoms in total. The van der Waals surface area contributed by atoms with E-state index in [2.05, 4.69) is 23.7 Å². The Morgan fingerprint density at radius 3 is 2.16 bits per heavy atom. The number of methoxy groups -OCH3 is 1. The van der Waals surface area contributed by atoms with Crippen molar-refractivity contribution in [1.82, 2.24) is 0 Å². The van der Waals surface area contributed by atoms with Gasteiger partial charge in [-0.25, -0.2) is 0 Å². The molecular formula is C25H26N4O2. The molecule has 2 rings (SSSR count). The standard InChI is InChI=1S/C25H26N4O2/c1-16-10-21(14-27)11-17(2)25(16)31-24(18(3)15-30-5)12-23(19(4)28)29-22-8-6-20(13-26)7-9-22/h6-11,24,28H,3,12,15H2,1-2,4-5H3. The van der Waals surface area contributed by atoms with E-state index in [0.717, 1.165) is 16.7 Å². The van der Waals surface area contributed by atoms with Crippen LogP contribution in [0.1, 0.15) is 35.6 Å². The van der Waals surface area contributed by atoms with Crippen LogP contribution in [0.2, 0.25) is 0 Å². The molecule has 0 amide bonds. The van der Waals surface area contributed by atoms with Crippen molar-refractivity contribution in [3.05, 3.63) is 70.8 Å². The summed E-state index contributed by atoms with van der Waals surface area (Å²) in [5.41, 5.74) is 5.07. The molecule has 0 aromatic heterocycles. The van der Waals surface area contributed by atoms with Crippen LogP contribution in [0.5, 0.6) is 5.75 Å². The number of nitriles is 2. The summed E-state index contributed by atoms with van der Waals surface area (Å²) in [4.78, 5) is 4.61. The largest absolute Gasteiger partial charge is 0.485 e. The third kappa shape index (κ3) is 6.37. The SMILES string of the molecule is C=C(COC)C(CC(=Nc1ccc(C#N)cc1)C(C)=N)Oc1c(C)cc(C#N)cc1C. The molecule has 0 aliphatic rings. The topological polar surface area (TPSA) is 102 Å². The fourth-order valence-electron chi connectivity index (χ4n) is 3.12. The molecular weight excluding hydrogens is 388 g/mol. The zero-order valence-electron chi connectivity index (χ0n) is 18.3. The first-order valence-electron chi connectivity index (χ1n) is 9.76. The summed E-state index contributed by atoms with van der Waals surface area (Å²) in [6, 6.07) is 14.7. The summed E-state index contributed by atoms with van der Waals surface area (Å²) in [6.45, 7) is 9.89. The maximum absolute atomic E-state index is 9.19. The molecule has 0 saturated carbocycles. The molecule has 158 valence electrons. The molecule has 1 atom stereocenters. The van der Waals surface area contributed by atoms with Gasteiger partial charge in [-0.2, -0.15) is 10.5 Å². The van der Waals surface area contributed by atoms with Crippen LogP contribution in [0.15, 0.2) is 53.5 Å². The molecule has 0 aliphatic carbocycles. The van der Waals surface area contributed by atoms with Crippen LogP contribution in [0.4, 0.5) is 5.69 Å². The van der Waals surface area contributed by atoms with Gasteiger partial charge in [0.05, 0.1) is 41.3 Å². The van der Waals surface area contributed by atoms with Crippen LogP contribution in [-0.2, 0) is 4.74 Å². The molecule has 0 spiro atoms. The van der Waals surface area contributed by atoms with E-state index in [4.69, 9.17) is 20.1 Å². The molecule has 2 aromatic carbocycles. The van der Waals surface area contributed by atoms with Crippen molar-refractivity contribution in [2.75, 3.05) is 13.7 Å². The number of benzene rings is 2. The molecule has 1 unspecified atom stereocenters. The highest BCUT2D eigenvalue weighted by Gasteiger charge is 2.21. The summed E-state index contributed by atoms with van der Waals surface area (Å²) < 4.78 is 11.6. The summed E-state index contributed by atoms with van der Waals surface area (Å²) in [7, 11) is 1.59. The monoisotopic (exact) mass is 414 g/mol. The van der Waals surface area contributed by atoms with E-state index in [0.29, 0.717) is 47.0 Å². The summed E-state index contributed by atoms with van der Waals surface area (Å²) in [5, 5.41) is 26.4. The van der Waals surface area contributed by atoms with E-state index in [-0.39, 0.29) is 0 Å². The lowest BCUT2D eigenvalue weighted by Crippen LogP contribution is -2.28. The first-order valence-corrected chi connectivity index (χ1v) is 9.76. The van der Waals surface area contributed by atoms with Gasteiger partial charge in [0.15, 0.2) is 0 Å². The first-order chi connectivity index (χ1) is 14.8. The predicted molar refractivity (Wildman–Crippen MR) is 122 cm³/mol. The molecule has 0 saturated heterocycles. The van der Waals surface area contributed by atoms with E-state index in [1.807, 2.05) is 13.8 Å². The molecule has 0 bridgehead atoms. The fraction of sp³-hybridized carbons (Fsp3) is 0.280. The number of hydrogen-bond donors (Lipinski definition) is 1. The Kier molecular flexibility index (Phi) is 8.25. The minimum Gasteiger partial charge on any atom is -0.485 e. The normalized spacial score (nSPS) is 11.9. The van der Waals surface area contributed by atoms with Crippen molar-refractivity contribution < 1.29 is 9.47 Å². The van der Waals surface area contributed by atoms with E-state index in [1.165, 1.54) is 0 Å². The highest BCUT2D eigenvalue weighted by molar-refractivity contribution is 6.40. The van der Waals surface area contributed by atoms with Gasteiger partial charge < -0.3 is 14.9 Å². The van der Waals surface area contributed by atoms with Gasteiger partial charge in [-0.1, -0.05) is 6.58 Å². The highest BCUT2D eigenvalue weighted by Crippen LogP contribution is 2.28. The molecule has 0 heterocycles. The number of nitrogens with one attached hydrogen (secondary N) is 1. The number of aliphatic imine (C=N–C) groups is 1. The summed E-state index contributed by atoms with van der Waals surface area (Å²) in [6.07, 6.45) is -0.140. The Balaban J connectivity index is 2.39. The average molecular weight is 415 g/mol. The Bertz CT molecular complexity index is 1060. The van der Waals surface area contributed by atoms with Crippen LogP contribution in [0.25, 0.3) is 0 Å². The minimum absolute atomic E-state index is 0.306. The maximum atomic E-state index is 9.19. The minimum atomic E-state index is -0.470. The van der Waals surface area contributed by atoms with E-state index < -0.39 is 6.10 Å². The molecule has 2 aromatic rings. The second-order valence-corrected chi connectivity index (χ2v) is 7.30. The quantitative estimate of drug-likeness (QED) is 0.450. The van der Waals surface area contributed by atoms with E-state index in [1.54, 1.807) is 50.4 Å². The lowest BCUT2D eigenvalue weighted by Gasteiger charge is -2.24. The van der Waals surface area contributed by atoms with Crippen LogP contribution in [-0.4, -0.2) is 31.2 Å². The summed E-state index contributed by atoms with van der Waals surface area (Å²) in [5.74, 6) is 0.682. The van der Waals surface area contributed by atoms with Gasteiger partial charge in [0.25, 0.3) is 0 Å². The lowest BCUT2D eigenvalue weighted by atomic mass is 10.0. The third-order valence-electron chi connectivity index (χ3n) is 4.71. The van der Waals surface area contributed by atoms with Gasteiger partial charge in [0, 0.05) is 19.2 Å². The van der Waals surface area contributed by atoms with Crippen molar-refractivity contribution >= 4 is 17.1 Å². The van der Waals surface area contributed by atoms with Gasteiger partial charge in [0.1, 0.15) is 11.9 Å². The Morgan fingerprint density at radius 2 is 1.68 bits per heavy atom. The highest BCUT2D eigenvalue weighted by atomic mass is 16.5. The predicted octanol–water partition coefficient (Wildman–Crippen LogP) is 5.20. The number of nitrogens with zero attached hydrogens (tertiary/aromatic N) is 3. The third-order valence-corrected chi connectivity index (χ3v) is 4.71. The van der Waals surface area contributed by atoms with Crippen molar-refractivity contribution in [3.8, 4) is 17.9 Å². The second kappa shape index (κ2) is 10.9. The van der Waals surface area contributed by atoms with Gasteiger partial charge in [-0.15, -0.1) is 0 Å². The number of ether oxygens (including phenoxy) is 2. The van der Waals surface area contributed by atoms with Gasteiger partial charge in [-0.05, 0) is 73.9 Å². The van der Waals surface area contributed by atoms with Crippen LogP contribution in [0, 0.1) is 41.9 Å². The number of rotatable bonds is 9. The van der Waals surface area contributed by atoms with E-state index in [9.17, 15) is 5.26 Å². The van der Waals surface area contributed by atoms with Crippen molar-refractivity contribution in [3.63, 3.8) is 0 Å². The molecule has 1 N–H and O–H groups in total. The maximum Gasteiger partial charge on any atom is 0.127 e. The van der Waals surface area contributed by atoms with Crippen molar-refractivity contribution in [2.45, 2.75) is 33.3 Å². The number of hydrogen-bond acceptors (Lipinski definition) is 6. The Labute approximate surface area is 183 Å². The second-order valence-electron chi connectivity index (χ2n) is 7.30. The van der Waals surface area contributed by atoms with Gasteiger partial charge in [0.2, 0.25) is 0 Å². The zero-order chi connectivity index (χ0) is 23.0. The van der Waals surface area contributed by atoms with Gasteiger partial charge >= 0.3 is 0 Å². The van der Waals surface area contributed by atoms with Crippen molar-refractivity contribution in [1.29, 1.82) is 15.9 Å². The van der Waals surface area contributed by atoms with Crippen LogP contribution in [0.3, 0.4) is 0 Å². The molecule has 31 heavy (non-hydrogen) atoms. The molecule has 0 fully saturated rings. The number of aryl methyl sites for hydroxylation is 2. The average Bonchev–Trinajstić information content (AvgIpc) is 2.74. The smallest absolute Gasteiger partial charge is 0.127 e. The zero-order valence-corrected chi connectivity index (χ0v) is 18.3. The lowest BCUT2D eigenvalue weighted by molar-refractivity contribution is 0.180. The molecule has 0 radical (unpaired) electrons. The van der Waals surface area contributed by atoms with Crippen molar-refractivity contribution in [2.24, 2.45) is 4.99 Å². The van der Waals surface area contributed by atoms with E-state index >= 15 is 0 Å². The first kappa shape index (κ1) is 23.5. The molecule has 6 heteroatoms. The molecule has 0 aliphatic heterocycles. The van der Waals surface area contributed by atoms with Crippen LogP contribution >= 0.6 is 0 Å². The van der Waals surface area contributed by atoms with Crippen LogP contribution < -0.4 is 4.74 Å². The fourth-order valence-corrected chi connectivity index (χ4v) is 3.12. The Hall–Kier alpha value is -3.74.